The molecule has 3 nitrogen and oxygen atoms in total. The van der Waals surface area contributed by atoms with E-state index in [0.717, 1.165) is 13.1 Å². The second-order valence-corrected chi connectivity index (χ2v) is 6.52. The fourth-order valence-corrected chi connectivity index (χ4v) is 3.22. The Kier molecular flexibility index (Phi) is 6.07. The van der Waals surface area contributed by atoms with Gasteiger partial charge in [0, 0.05) is 30.9 Å². The van der Waals surface area contributed by atoms with Crippen LogP contribution in [-0.2, 0) is 0 Å². The SMILES string of the molecule is CCCNC(C)c1ccc(N2CCCC2CN(C)C)cc1. The van der Waals surface area contributed by atoms with E-state index in [0.29, 0.717) is 12.1 Å². The minimum Gasteiger partial charge on any atom is -0.367 e. The molecule has 0 radical (unpaired) electrons. The van der Waals surface area contributed by atoms with Crippen molar-refractivity contribution in [1.82, 2.24) is 10.2 Å². The van der Waals surface area contributed by atoms with Crippen LogP contribution in [0.5, 0.6) is 0 Å². The van der Waals surface area contributed by atoms with E-state index in [1.807, 2.05) is 0 Å². The lowest BCUT2D eigenvalue weighted by Crippen LogP contribution is -2.37. The topological polar surface area (TPSA) is 18.5 Å². The zero-order valence-electron chi connectivity index (χ0n) is 14.1. The van der Waals surface area contributed by atoms with E-state index in [1.165, 1.54) is 37.1 Å². The number of hydrogen-bond donors (Lipinski definition) is 1. The molecule has 1 saturated heterocycles. The smallest absolute Gasteiger partial charge is 0.0417 e. The number of nitrogens with zero attached hydrogens (tertiary/aromatic N) is 2. The number of rotatable bonds is 7. The zero-order valence-corrected chi connectivity index (χ0v) is 14.1. The molecular weight excluding hydrogens is 258 g/mol. The zero-order chi connectivity index (χ0) is 15.2. The first-order valence-electron chi connectivity index (χ1n) is 8.36. The highest BCUT2D eigenvalue weighted by Crippen LogP contribution is 2.27. The Hall–Kier alpha value is -1.06. The quantitative estimate of drug-likeness (QED) is 0.831. The van der Waals surface area contributed by atoms with Crippen molar-refractivity contribution in [2.45, 2.75) is 45.2 Å². The van der Waals surface area contributed by atoms with Crippen molar-refractivity contribution < 1.29 is 0 Å². The van der Waals surface area contributed by atoms with Gasteiger partial charge in [0.1, 0.15) is 0 Å². The number of nitrogens with one attached hydrogen (secondary N) is 1. The first-order chi connectivity index (χ1) is 10.1. The first-order valence-corrected chi connectivity index (χ1v) is 8.36. The predicted molar refractivity (Wildman–Crippen MR) is 92.1 cm³/mol. The minimum atomic E-state index is 0.440. The van der Waals surface area contributed by atoms with Crippen molar-refractivity contribution in [2.24, 2.45) is 0 Å². The Morgan fingerprint density at radius 2 is 2.00 bits per heavy atom. The summed E-state index contributed by atoms with van der Waals surface area (Å²) in [4.78, 5) is 4.88. The molecule has 3 heteroatoms. The largest absolute Gasteiger partial charge is 0.367 e. The summed E-state index contributed by atoms with van der Waals surface area (Å²) in [7, 11) is 4.33. The molecule has 0 saturated carbocycles. The Morgan fingerprint density at radius 3 is 2.62 bits per heavy atom. The summed E-state index contributed by atoms with van der Waals surface area (Å²) in [6.45, 7) is 7.88. The average molecular weight is 289 g/mol. The average Bonchev–Trinajstić information content (AvgIpc) is 2.92. The summed E-state index contributed by atoms with van der Waals surface area (Å²) in [6.07, 6.45) is 3.81. The predicted octanol–water partition coefficient (Wildman–Crippen LogP) is 3.28. The van der Waals surface area contributed by atoms with Gasteiger partial charge in [0.2, 0.25) is 0 Å². The van der Waals surface area contributed by atoms with Gasteiger partial charge in [-0.05, 0) is 64.5 Å². The molecule has 118 valence electrons. The molecule has 0 aliphatic carbocycles. The van der Waals surface area contributed by atoms with Crippen LogP contribution in [0.4, 0.5) is 5.69 Å². The lowest BCUT2D eigenvalue weighted by atomic mass is 10.1. The van der Waals surface area contributed by atoms with Crippen molar-refractivity contribution in [3.63, 3.8) is 0 Å². The van der Waals surface area contributed by atoms with Crippen LogP contribution in [0.3, 0.4) is 0 Å². The van der Waals surface area contributed by atoms with Gasteiger partial charge < -0.3 is 15.1 Å². The van der Waals surface area contributed by atoms with Crippen molar-refractivity contribution in [1.29, 1.82) is 0 Å². The lowest BCUT2D eigenvalue weighted by molar-refractivity contribution is 0.372. The van der Waals surface area contributed by atoms with E-state index in [9.17, 15) is 0 Å². The maximum absolute atomic E-state index is 3.55. The first kappa shape index (κ1) is 16.3. The Morgan fingerprint density at radius 1 is 1.29 bits per heavy atom. The number of benzene rings is 1. The molecule has 2 unspecified atom stereocenters. The third-order valence-corrected chi connectivity index (χ3v) is 4.38. The van der Waals surface area contributed by atoms with Crippen LogP contribution in [0.25, 0.3) is 0 Å². The van der Waals surface area contributed by atoms with E-state index >= 15 is 0 Å². The van der Waals surface area contributed by atoms with Crippen LogP contribution < -0.4 is 10.2 Å². The van der Waals surface area contributed by atoms with Crippen LogP contribution in [0.15, 0.2) is 24.3 Å². The number of likely N-dealkylation sites (N-methyl/N-ethyl adjacent to an activating group) is 1. The Balaban J connectivity index is 2.01. The van der Waals surface area contributed by atoms with Gasteiger partial charge >= 0.3 is 0 Å². The van der Waals surface area contributed by atoms with Gasteiger partial charge in [-0.1, -0.05) is 19.1 Å². The fourth-order valence-electron chi connectivity index (χ4n) is 3.22. The summed E-state index contributed by atoms with van der Waals surface area (Å²) in [5.74, 6) is 0. The molecule has 0 amide bonds. The van der Waals surface area contributed by atoms with E-state index in [4.69, 9.17) is 0 Å². The molecule has 1 aliphatic rings. The van der Waals surface area contributed by atoms with Crippen LogP contribution in [-0.4, -0.2) is 44.7 Å². The van der Waals surface area contributed by atoms with Gasteiger partial charge in [-0.3, -0.25) is 0 Å². The summed E-state index contributed by atoms with van der Waals surface area (Å²) in [5.41, 5.74) is 2.77. The highest BCUT2D eigenvalue weighted by molar-refractivity contribution is 5.50. The second-order valence-electron chi connectivity index (χ2n) is 6.52. The molecule has 0 bridgehead atoms. The van der Waals surface area contributed by atoms with Gasteiger partial charge in [-0.25, -0.2) is 0 Å². The molecule has 2 rings (SSSR count). The van der Waals surface area contributed by atoms with Gasteiger partial charge in [0.05, 0.1) is 0 Å². The van der Waals surface area contributed by atoms with Crippen LogP contribution in [0, 0.1) is 0 Å². The van der Waals surface area contributed by atoms with Crippen molar-refractivity contribution >= 4 is 5.69 Å². The van der Waals surface area contributed by atoms with E-state index in [2.05, 4.69) is 67.3 Å². The minimum absolute atomic E-state index is 0.440. The molecule has 1 N–H and O–H groups in total. The molecule has 1 fully saturated rings. The van der Waals surface area contributed by atoms with Gasteiger partial charge in [-0.2, -0.15) is 0 Å². The van der Waals surface area contributed by atoms with Gasteiger partial charge in [0.15, 0.2) is 0 Å². The highest BCUT2D eigenvalue weighted by Gasteiger charge is 2.25. The molecule has 1 aromatic carbocycles. The van der Waals surface area contributed by atoms with E-state index < -0.39 is 0 Å². The maximum Gasteiger partial charge on any atom is 0.0417 e. The second kappa shape index (κ2) is 7.81. The maximum atomic E-state index is 3.55. The monoisotopic (exact) mass is 289 g/mol. The summed E-state index contributed by atoms with van der Waals surface area (Å²) in [6, 6.07) is 10.3. The van der Waals surface area contributed by atoms with Gasteiger partial charge in [0.25, 0.3) is 0 Å². The molecule has 2 atom stereocenters. The van der Waals surface area contributed by atoms with E-state index in [1.54, 1.807) is 0 Å². The summed E-state index contributed by atoms with van der Waals surface area (Å²) >= 11 is 0. The number of anilines is 1. The van der Waals surface area contributed by atoms with E-state index in [-0.39, 0.29) is 0 Å². The molecule has 0 spiro atoms. The van der Waals surface area contributed by atoms with Crippen LogP contribution in [0.1, 0.15) is 44.7 Å². The number of hydrogen-bond acceptors (Lipinski definition) is 3. The molecule has 0 aromatic heterocycles. The molecule has 1 aliphatic heterocycles. The van der Waals surface area contributed by atoms with Crippen LogP contribution >= 0.6 is 0 Å². The fraction of sp³-hybridized carbons (Fsp3) is 0.667. The third kappa shape index (κ3) is 4.45. The molecule has 21 heavy (non-hydrogen) atoms. The standard InChI is InChI=1S/C18H31N3/c1-5-12-19-15(2)16-8-10-17(11-9-16)21-13-6-7-18(21)14-20(3)4/h8-11,15,18-19H,5-7,12-14H2,1-4H3. The summed E-state index contributed by atoms with van der Waals surface area (Å²) < 4.78 is 0. The summed E-state index contributed by atoms with van der Waals surface area (Å²) in [5, 5.41) is 3.55. The highest BCUT2D eigenvalue weighted by atomic mass is 15.2. The molecule has 1 aromatic rings. The van der Waals surface area contributed by atoms with Gasteiger partial charge in [-0.15, -0.1) is 0 Å². The van der Waals surface area contributed by atoms with Crippen LogP contribution in [0.2, 0.25) is 0 Å². The van der Waals surface area contributed by atoms with Crippen molar-refractivity contribution in [2.75, 3.05) is 38.6 Å². The van der Waals surface area contributed by atoms with Crippen molar-refractivity contribution in [3.8, 4) is 0 Å². The normalized spacial score (nSPS) is 20.2. The van der Waals surface area contributed by atoms with Crippen molar-refractivity contribution in [3.05, 3.63) is 29.8 Å². The molecule has 1 heterocycles. The molecular formula is C18H31N3. The Bertz CT molecular complexity index is 413. The third-order valence-electron chi connectivity index (χ3n) is 4.38. The Labute approximate surface area is 130 Å². The lowest BCUT2D eigenvalue weighted by Gasteiger charge is -2.29.